The van der Waals surface area contributed by atoms with Gasteiger partial charge in [-0.3, -0.25) is 14.6 Å². The largest absolute Gasteiger partial charge is 0.379 e. The zero-order chi connectivity index (χ0) is 19.3. The molecule has 152 valence electrons. The third-order valence-corrected chi connectivity index (χ3v) is 7.12. The van der Waals surface area contributed by atoms with E-state index < -0.39 is 0 Å². The molecule has 0 bridgehead atoms. The van der Waals surface area contributed by atoms with E-state index in [0.717, 1.165) is 80.3 Å². The number of thiazole rings is 1. The lowest BCUT2D eigenvalue weighted by atomic mass is 9.88. The van der Waals surface area contributed by atoms with Crippen molar-refractivity contribution < 1.29 is 9.53 Å². The third-order valence-electron chi connectivity index (χ3n) is 5.77. The van der Waals surface area contributed by atoms with Gasteiger partial charge in [-0.15, -0.1) is 0 Å². The van der Waals surface area contributed by atoms with Gasteiger partial charge in [-0.05, 0) is 31.4 Å². The molecule has 28 heavy (non-hydrogen) atoms. The summed E-state index contributed by atoms with van der Waals surface area (Å²) in [7, 11) is 0. The lowest BCUT2D eigenvalue weighted by molar-refractivity contribution is -0.123. The molecule has 1 aliphatic heterocycles. The van der Waals surface area contributed by atoms with Crippen LogP contribution >= 0.6 is 22.9 Å². The minimum absolute atomic E-state index is 0.139. The van der Waals surface area contributed by atoms with E-state index in [0.29, 0.717) is 11.6 Å². The number of ether oxygens (including phenoxy) is 1. The second-order valence-corrected chi connectivity index (χ2v) is 9.13. The summed E-state index contributed by atoms with van der Waals surface area (Å²) in [5.41, 5.74) is 0.804. The van der Waals surface area contributed by atoms with Crippen LogP contribution in [0.25, 0.3) is 10.2 Å². The van der Waals surface area contributed by atoms with Crippen LogP contribution in [0.5, 0.6) is 0 Å². The summed E-state index contributed by atoms with van der Waals surface area (Å²) in [5, 5.41) is 1.44. The van der Waals surface area contributed by atoms with Crippen molar-refractivity contribution >= 4 is 44.2 Å². The predicted molar refractivity (Wildman–Crippen MR) is 115 cm³/mol. The first kappa shape index (κ1) is 20.1. The molecule has 4 rings (SSSR count). The highest BCUT2D eigenvalue weighted by atomic mass is 35.5. The van der Waals surface area contributed by atoms with Crippen LogP contribution in [-0.2, 0) is 9.53 Å². The van der Waals surface area contributed by atoms with Gasteiger partial charge in [0.15, 0.2) is 5.13 Å². The smallest absolute Gasteiger partial charge is 0.231 e. The topological polar surface area (TPSA) is 45.7 Å². The Bertz CT molecular complexity index is 800. The SMILES string of the molecule is O=C(C1CCCCC1)N(CCCN1CCOCC1)c1nc2c(Cl)cccc2s1. The minimum atomic E-state index is 0.139. The Kier molecular flexibility index (Phi) is 6.83. The van der Waals surface area contributed by atoms with E-state index in [9.17, 15) is 4.79 Å². The minimum Gasteiger partial charge on any atom is -0.379 e. The van der Waals surface area contributed by atoms with Crippen LogP contribution in [0.1, 0.15) is 38.5 Å². The molecule has 0 N–H and O–H groups in total. The maximum atomic E-state index is 13.4. The van der Waals surface area contributed by atoms with Gasteiger partial charge < -0.3 is 4.74 Å². The summed E-state index contributed by atoms with van der Waals surface area (Å²) >= 11 is 7.91. The quantitative estimate of drug-likeness (QED) is 0.684. The first-order valence-electron chi connectivity index (χ1n) is 10.4. The van der Waals surface area contributed by atoms with Gasteiger partial charge in [0.25, 0.3) is 0 Å². The molecule has 1 aromatic carbocycles. The van der Waals surface area contributed by atoms with E-state index in [1.165, 1.54) is 6.42 Å². The van der Waals surface area contributed by atoms with E-state index >= 15 is 0 Å². The average Bonchev–Trinajstić information content (AvgIpc) is 3.17. The number of fused-ring (bicyclic) bond motifs is 1. The van der Waals surface area contributed by atoms with Gasteiger partial charge in [0.05, 0.1) is 22.9 Å². The Morgan fingerprint density at radius 1 is 1.25 bits per heavy atom. The number of anilines is 1. The second kappa shape index (κ2) is 9.53. The number of halogens is 1. The molecule has 2 fully saturated rings. The van der Waals surface area contributed by atoms with E-state index in [4.69, 9.17) is 21.3 Å². The molecular weight excluding hydrogens is 394 g/mol. The molecule has 7 heteroatoms. The molecule has 1 aromatic heterocycles. The van der Waals surface area contributed by atoms with Crippen molar-refractivity contribution in [3.63, 3.8) is 0 Å². The van der Waals surface area contributed by atoms with Gasteiger partial charge in [0.1, 0.15) is 5.52 Å². The third kappa shape index (κ3) is 4.67. The summed E-state index contributed by atoms with van der Waals surface area (Å²) in [4.78, 5) is 22.5. The molecule has 1 aliphatic carbocycles. The summed E-state index contributed by atoms with van der Waals surface area (Å²) < 4.78 is 6.47. The first-order valence-corrected chi connectivity index (χ1v) is 11.6. The molecule has 5 nitrogen and oxygen atoms in total. The molecular formula is C21H28ClN3O2S. The molecule has 2 heterocycles. The Labute approximate surface area is 175 Å². The number of rotatable bonds is 6. The van der Waals surface area contributed by atoms with Crippen molar-refractivity contribution in [3.05, 3.63) is 23.2 Å². The summed E-state index contributed by atoms with van der Waals surface area (Å²) in [6, 6.07) is 5.83. The number of aromatic nitrogens is 1. The van der Waals surface area contributed by atoms with E-state index in [2.05, 4.69) is 4.90 Å². The molecule has 0 radical (unpaired) electrons. The monoisotopic (exact) mass is 421 g/mol. The Hall–Kier alpha value is -1.21. The van der Waals surface area contributed by atoms with Crippen LogP contribution in [0.4, 0.5) is 5.13 Å². The molecule has 1 saturated heterocycles. The fourth-order valence-electron chi connectivity index (χ4n) is 4.17. The van der Waals surface area contributed by atoms with E-state index in [1.54, 1.807) is 11.3 Å². The van der Waals surface area contributed by atoms with Gasteiger partial charge in [-0.1, -0.05) is 48.3 Å². The number of benzene rings is 1. The Morgan fingerprint density at radius 3 is 2.79 bits per heavy atom. The predicted octanol–water partition coefficient (Wildman–Crippen LogP) is 4.59. The normalized spacial score (nSPS) is 19.2. The Balaban J connectivity index is 1.51. The molecule has 2 aliphatic rings. The van der Waals surface area contributed by atoms with Gasteiger partial charge in [-0.2, -0.15) is 0 Å². The molecule has 0 unspecified atom stereocenters. The summed E-state index contributed by atoms with van der Waals surface area (Å²) in [6.07, 6.45) is 6.52. The van der Waals surface area contributed by atoms with Crippen molar-refractivity contribution in [2.45, 2.75) is 38.5 Å². The van der Waals surface area contributed by atoms with Crippen LogP contribution in [0.15, 0.2) is 18.2 Å². The molecule has 0 spiro atoms. The molecule has 1 amide bonds. The number of hydrogen-bond donors (Lipinski definition) is 0. The standard InChI is InChI=1S/C21H28ClN3O2S/c22-17-8-4-9-18-19(17)23-21(28-18)25(20(26)16-6-2-1-3-7-16)11-5-10-24-12-14-27-15-13-24/h4,8-9,16H,1-3,5-7,10-15H2. The van der Waals surface area contributed by atoms with Crippen molar-refractivity contribution in [2.75, 3.05) is 44.3 Å². The lowest BCUT2D eigenvalue weighted by Gasteiger charge is -2.30. The molecule has 0 atom stereocenters. The number of nitrogens with zero attached hydrogens (tertiary/aromatic N) is 3. The van der Waals surface area contributed by atoms with Crippen LogP contribution in [0, 0.1) is 5.92 Å². The highest BCUT2D eigenvalue weighted by Crippen LogP contribution is 2.35. The van der Waals surface area contributed by atoms with Gasteiger partial charge in [0.2, 0.25) is 5.91 Å². The maximum Gasteiger partial charge on any atom is 0.231 e. The van der Waals surface area contributed by atoms with Crippen LogP contribution in [-0.4, -0.2) is 55.2 Å². The van der Waals surface area contributed by atoms with Crippen molar-refractivity contribution in [1.29, 1.82) is 0 Å². The average molecular weight is 422 g/mol. The fraction of sp³-hybridized carbons (Fsp3) is 0.619. The van der Waals surface area contributed by atoms with Crippen molar-refractivity contribution in [1.82, 2.24) is 9.88 Å². The second-order valence-electron chi connectivity index (χ2n) is 7.72. The van der Waals surface area contributed by atoms with Gasteiger partial charge in [0, 0.05) is 32.1 Å². The number of hydrogen-bond acceptors (Lipinski definition) is 5. The number of para-hydroxylation sites is 1. The summed E-state index contributed by atoms with van der Waals surface area (Å²) in [6.45, 7) is 5.27. The fourth-order valence-corrected chi connectivity index (χ4v) is 5.46. The molecule has 1 saturated carbocycles. The number of amides is 1. The lowest BCUT2D eigenvalue weighted by Crippen LogP contribution is -2.41. The number of carbonyl (C=O) groups excluding carboxylic acids is 1. The maximum absolute atomic E-state index is 13.4. The van der Waals surface area contributed by atoms with E-state index in [-0.39, 0.29) is 11.8 Å². The van der Waals surface area contributed by atoms with Crippen molar-refractivity contribution in [2.24, 2.45) is 5.92 Å². The van der Waals surface area contributed by atoms with Crippen LogP contribution in [0.3, 0.4) is 0 Å². The first-order chi connectivity index (χ1) is 13.7. The van der Waals surface area contributed by atoms with Crippen LogP contribution < -0.4 is 4.90 Å². The Morgan fingerprint density at radius 2 is 2.04 bits per heavy atom. The van der Waals surface area contributed by atoms with E-state index in [1.807, 2.05) is 23.1 Å². The number of carbonyl (C=O) groups is 1. The van der Waals surface area contributed by atoms with Gasteiger partial charge in [-0.25, -0.2) is 4.98 Å². The van der Waals surface area contributed by atoms with Crippen molar-refractivity contribution in [3.8, 4) is 0 Å². The highest BCUT2D eigenvalue weighted by molar-refractivity contribution is 7.22. The zero-order valence-corrected chi connectivity index (χ0v) is 17.8. The van der Waals surface area contributed by atoms with Gasteiger partial charge >= 0.3 is 0 Å². The molecule has 2 aromatic rings. The van der Waals surface area contributed by atoms with Crippen LogP contribution in [0.2, 0.25) is 5.02 Å². The highest BCUT2D eigenvalue weighted by Gasteiger charge is 2.29. The zero-order valence-electron chi connectivity index (χ0n) is 16.2. The summed E-state index contributed by atoms with van der Waals surface area (Å²) in [5.74, 6) is 0.386. The number of morpholine rings is 1.